The van der Waals surface area contributed by atoms with Gasteiger partial charge in [-0.25, -0.2) is 0 Å². The minimum Gasteiger partial charge on any atom is -0.296 e. The third-order valence-corrected chi connectivity index (χ3v) is 3.70. The fourth-order valence-electron chi connectivity index (χ4n) is 2.40. The molecule has 1 unspecified atom stereocenters. The Labute approximate surface area is 69.2 Å². The van der Waals surface area contributed by atoms with E-state index in [1.54, 1.807) is 0 Å². The Bertz CT molecular complexity index is 153. The second-order valence-corrected chi connectivity index (χ2v) is 4.35. The molecule has 3 rings (SSSR count). The first-order valence-corrected chi connectivity index (χ1v) is 4.61. The van der Waals surface area contributed by atoms with E-state index < -0.39 is 0 Å². The van der Waals surface area contributed by atoms with Crippen LogP contribution < -0.4 is 0 Å². The fourth-order valence-corrected chi connectivity index (χ4v) is 2.40. The number of hydrogen-bond donors (Lipinski definition) is 0. The molecule has 64 valence electrons. The van der Waals surface area contributed by atoms with E-state index in [0.29, 0.717) is 5.54 Å². The van der Waals surface area contributed by atoms with Gasteiger partial charge in [0.2, 0.25) is 0 Å². The van der Waals surface area contributed by atoms with Gasteiger partial charge in [0.1, 0.15) is 0 Å². The van der Waals surface area contributed by atoms with Crippen molar-refractivity contribution >= 4 is 0 Å². The molecule has 0 saturated carbocycles. The van der Waals surface area contributed by atoms with Crippen LogP contribution in [0.4, 0.5) is 0 Å². The highest BCUT2D eigenvalue weighted by molar-refractivity contribution is 5.00. The monoisotopic (exact) mass is 154 g/mol. The maximum Gasteiger partial charge on any atom is 0.0306 e. The SMILES string of the molecule is CC1N2CCN(CC2)C1(C)C. The molecule has 2 bridgehead atoms. The molecule has 3 saturated heterocycles. The number of rotatable bonds is 0. The van der Waals surface area contributed by atoms with Crippen LogP contribution in [0.5, 0.6) is 0 Å². The molecule has 3 aliphatic rings. The predicted molar refractivity (Wildman–Crippen MR) is 46.7 cm³/mol. The highest BCUT2D eigenvalue weighted by Crippen LogP contribution is 2.30. The van der Waals surface area contributed by atoms with Gasteiger partial charge in [-0.15, -0.1) is 0 Å². The first kappa shape index (κ1) is 7.56. The minimum absolute atomic E-state index is 0.413. The molecular formula is C9H18N2. The van der Waals surface area contributed by atoms with Crippen LogP contribution in [0.25, 0.3) is 0 Å². The van der Waals surface area contributed by atoms with Crippen LogP contribution >= 0.6 is 0 Å². The minimum atomic E-state index is 0.413. The maximum atomic E-state index is 2.62. The van der Waals surface area contributed by atoms with Crippen LogP contribution in [0.3, 0.4) is 0 Å². The average Bonchev–Trinajstić information content (AvgIpc) is 2.01. The molecule has 0 aliphatic carbocycles. The lowest BCUT2D eigenvalue weighted by Crippen LogP contribution is -2.70. The van der Waals surface area contributed by atoms with Gasteiger partial charge in [-0.2, -0.15) is 0 Å². The van der Waals surface area contributed by atoms with Gasteiger partial charge in [0.25, 0.3) is 0 Å². The van der Waals surface area contributed by atoms with E-state index in [1.807, 2.05) is 0 Å². The molecule has 0 aromatic heterocycles. The third-order valence-electron chi connectivity index (χ3n) is 3.70. The number of fused-ring (bicyclic) bond motifs is 3. The Kier molecular flexibility index (Phi) is 1.52. The van der Waals surface area contributed by atoms with Gasteiger partial charge in [0.05, 0.1) is 0 Å². The van der Waals surface area contributed by atoms with Crippen molar-refractivity contribution in [1.82, 2.24) is 9.80 Å². The summed E-state index contributed by atoms with van der Waals surface area (Å²) in [5, 5.41) is 0. The van der Waals surface area contributed by atoms with Crippen molar-refractivity contribution < 1.29 is 0 Å². The van der Waals surface area contributed by atoms with Crippen molar-refractivity contribution in [2.24, 2.45) is 0 Å². The summed E-state index contributed by atoms with van der Waals surface area (Å²) in [4.78, 5) is 5.23. The lowest BCUT2D eigenvalue weighted by molar-refractivity contribution is -0.0765. The van der Waals surface area contributed by atoms with E-state index in [1.165, 1.54) is 26.2 Å². The molecule has 1 atom stereocenters. The Morgan fingerprint density at radius 2 is 1.64 bits per heavy atom. The first-order chi connectivity index (χ1) is 5.12. The normalized spacial score (nSPS) is 47.7. The lowest BCUT2D eigenvalue weighted by atomic mass is 9.87. The van der Waals surface area contributed by atoms with Gasteiger partial charge in [-0.05, 0) is 20.8 Å². The molecule has 0 aromatic carbocycles. The van der Waals surface area contributed by atoms with Gasteiger partial charge in [0, 0.05) is 37.8 Å². The largest absolute Gasteiger partial charge is 0.296 e. The van der Waals surface area contributed by atoms with Gasteiger partial charge in [0.15, 0.2) is 0 Å². The van der Waals surface area contributed by atoms with Crippen LogP contribution in [0.2, 0.25) is 0 Å². The van der Waals surface area contributed by atoms with Gasteiger partial charge >= 0.3 is 0 Å². The van der Waals surface area contributed by atoms with Crippen LogP contribution in [0.15, 0.2) is 0 Å². The topological polar surface area (TPSA) is 6.48 Å². The molecule has 0 radical (unpaired) electrons. The second kappa shape index (κ2) is 2.20. The molecular weight excluding hydrogens is 136 g/mol. The van der Waals surface area contributed by atoms with E-state index in [2.05, 4.69) is 30.6 Å². The van der Waals surface area contributed by atoms with E-state index in [-0.39, 0.29) is 0 Å². The third kappa shape index (κ3) is 0.926. The Balaban J connectivity index is 2.23. The molecule has 2 nitrogen and oxygen atoms in total. The van der Waals surface area contributed by atoms with Crippen molar-refractivity contribution in [3.63, 3.8) is 0 Å². The summed E-state index contributed by atoms with van der Waals surface area (Å²) >= 11 is 0. The maximum absolute atomic E-state index is 2.62. The first-order valence-electron chi connectivity index (χ1n) is 4.61. The zero-order valence-corrected chi connectivity index (χ0v) is 7.80. The molecule has 0 N–H and O–H groups in total. The Morgan fingerprint density at radius 3 is 1.91 bits per heavy atom. The number of hydrogen-bond acceptors (Lipinski definition) is 2. The van der Waals surface area contributed by atoms with Crippen molar-refractivity contribution in [2.75, 3.05) is 26.2 Å². The summed E-state index contributed by atoms with van der Waals surface area (Å²) in [5.41, 5.74) is 0.413. The number of nitrogens with zero attached hydrogens (tertiary/aromatic N) is 2. The highest BCUT2D eigenvalue weighted by atomic mass is 15.4. The van der Waals surface area contributed by atoms with E-state index >= 15 is 0 Å². The Morgan fingerprint density at radius 1 is 1.09 bits per heavy atom. The molecule has 0 aromatic rings. The van der Waals surface area contributed by atoms with Crippen LogP contribution in [0.1, 0.15) is 20.8 Å². The summed E-state index contributed by atoms with van der Waals surface area (Å²) < 4.78 is 0. The molecule has 3 heterocycles. The van der Waals surface area contributed by atoms with Crippen LogP contribution in [0, 0.1) is 0 Å². The summed E-state index contributed by atoms with van der Waals surface area (Å²) in [6.45, 7) is 12.2. The van der Waals surface area contributed by atoms with E-state index in [0.717, 1.165) is 6.04 Å². The van der Waals surface area contributed by atoms with Gasteiger partial charge in [-0.1, -0.05) is 0 Å². The molecule has 0 spiro atoms. The standard InChI is InChI=1S/C9H18N2/c1-8-9(2,3)11-6-4-10(8)5-7-11/h8H,4-7H2,1-3H3. The quantitative estimate of drug-likeness (QED) is 0.509. The van der Waals surface area contributed by atoms with Crippen molar-refractivity contribution in [2.45, 2.75) is 32.4 Å². The summed E-state index contributed by atoms with van der Waals surface area (Å²) in [6, 6.07) is 0.741. The van der Waals surface area contributed by atoms with Crippen molar-refractivity contribution in [3.8, 4) is 0 Å². The number of piperazine rings is 3. The smallest absolute Gasteiger partial charge is 0.0306 e. The molecule has 0 amide bonds. The Hall–Kier alpha value is -0.0800. The zero-order valence-electron chi connectivity index (χ0n) is 7.80. The summed E-state index contributed by atoms with van der Waals surface area (Å²) in [7, 11) is 0. The fraction of sp³-hybridized carbons (Fsp3) is 1.00. The molecule has 2 heteroatoms. The van der Waals surface area contributed by atoms with Gasteiger partial charge < -0.3 is 0 Å². The van der Waals surface area contributed by atoms with Crippen molar-refractivity contribution in [3.05, 3.63) is 0 Å². The highest BCUT2D eigenvalue weighted by Gasteiger charge is 2.43. The second-order valence-electron chi connectivity index (χ2n) is 4.35. The molecule has 3 fully saturated rings. The van der Waals surface area contributed by atoms with E-state index in [9.17, 15) is 0 Å². The van der Waals surface area contributed by atoms with Crippen molar-refractivity contribution in [1.29, 1.82) is 0 Å². The molecule has 11 heavy (non-hydrogen) atoms. The van der Waals surface area contributed by atoms with Crippen LogP contribution in [-0.4, -0.2) is 47.6 Å². The lowest BCUT2D eigenvalue weighted by Gasteiger charge is -2.57. The zero-order chi connectivity index (χ0) is 8.06. The summed E-state index contributed by atoms with van der Waals surface area (Å²) in [6.07, 6.45) is 0. The predicted octanol–water partition coefficient (Wildman–Crippen LogP) is 0.785. The van der Waals surface area contributed by atoms with E-state index in [4.69, 9.17) is 0 Å². The molecule has 3 aliphatic heterocycles. The van der Waals surface area contributed by atoms with Gasteiger partial charge in [-0.3, -0.25) is 9.80 Å². The van der Waals surface area contributed by atoms with Crippen LogP contribution in [-0.2, 0) is 0 Å². The summed E-state index contributed by atoms with van der Waals surface area (Å²) in [5.74, 6) is 0. The average molecular weight is 154 g/mol.